The van der Waals surface area contributed by atoms with Crippen LogP contribution in [0.4, 0.5) is 0 Å². The Kier molecular flexibility index (Phi) is 7.92. The number of ether oxygens (including phenoxy) is 1. The summed E-state index contributed by atoms with van der Waals surface area (Å²) in [6, 6.07) is 0. The molecule has 0 spiro atoms. The van der Waals surface area contributed by atoms with Gasteiger partial charge in [-0.25, -0.2) is 0 Å². The lowest BCUT2D eigenvalue weighted by Crippen LogP contribution is -2.04. The van der Waals surface area contributed by atoms with E-state index in [9.17, 15) is 0 Å². The van der Waals surface area contributed by atoms with Gasteiger partial charge in [-0.05, 0) is 18.8 Å². The summed E-state index contributed by atoms with van der Waals surface area (Å²) in [6.45, 7) is 5.56. The summed E-state index contributed by atoms with van der Waals surface area (Å²) in [7, 11) is 0. The van der Waals surface area contributed by atoms with Gasteiger partial charge in [0, 0.05) is 0 Å². The topological polar surface area (TPSA) is 12.5 Å². The van der Waals surface area contributed by atoms with Crippen molar-refractivity contribution >= 4 is 0 Å². The van der Waals surface area contributed by atoms with Crippen molar-refractivity contribution in [2.24, 2.45) is 5.92 Å². The Morgan fingerprint density at radius 3 is 2.56 bits per heavy atom. The lowest BCUT2D eigenvalue weighted by molar-refractivity contribution is 0.319. The van der Waals surface area contributed by atoms with Crippen LogP contribution in [0.15, 0.2) is 0 Å². The average molecular weight is 225 g/mol. The fraction of sp³-hybridized carbons (Fsp3) is 0.933. The molecule has 1 aliphatic heterocycles. The molecule has 16 heavy (non-hydrogen) atoms. The molecule has 95 valence electrons. The highest BCUT2D eigenvalue weighted by atomic mass is 16.6. The summed E-state index contributed by atoms with van der Waals surface area (Å²) >= 11 is 0. The van der Waals surface area contributed by atoms with E-state index in [4.69, 9.17) is 4.74 Å². The fourth-order valence-corrected chi connectivity index (χ4v) is 2.37. The molecule has 1 aliphatic rings. The maximum Gasteiger partial charge on any atom is 0.0812 e. The molecule has 0 saturated carbocycles. The van der Waals surface area contributed by atoms with Crippen molar-refractivity contribution in [2.45, 2.75) is 77.7 Å². The van der Waals surface area contributed by atoms with E-state index in [-0.39, 0.29) is 0 Å². The number of hydrogen-bond donors (Lipinski definition) is 0. The molecular formula is C15H29O. The zero-order valence-electron chi connectivity index (χ0n) is 11.2. The standard InChI is InChI=1S/C15H29O/c1-3-5-7-8-9-11-14(10-6-4-2)12-15-13-16-15/h5,14-15H,3-4,6-13H2,1-2H3. The molecular weight excluding hydrogens is 196 g/mol. The van der Waals surface area contributed by atoms with Crippen LogP contribution in [0.3, 0.4) is 0 Å². The molecule has 2 unspecified atom stereocenters. The Labute approximate surface area is 102 Å². The van der Waals surface area contributed by atoms with E-state index in [0.29, 0.717) is 6.10 Å². The van der Waals surface area contributed by atoms with Gasteiger partial charge < -0.3 is 4.74 Å². The molecule has 0 N–H and O–H groups in total. The first kappa shape index (κ1) is 14.0. The Balaban J connectivity index is 2.00. The minimum Gasteiger partial charge on any atom is -0.373 e. The maximum absolute atomic E-state index is 5.36. The van der Waals surface area contributed by atoms with Crippen LogP contribution in [0.25, 0.3) is 0 Å². The van der Waals surface area contributed by atoms with Gasteiger partial charge in [0.25, 0.3) is 0 Å². The van der Waals surface area contributed by atoms with Gasteiger partial charge in [-0.2, -0.15) is 0 Å². The van der Waals surface area contributed by atoms with Crippen molar-refractivity contribution in [3.8, 4) is 0 Å². The summed E-state index contributed by atoms with van der Waals surface area (Å²) in [6.07, 6.45) is 15.3. The monoisotopic (exact) mass is 225 g/mol. The number of epoxide rings is 1. The molecule has 1 fully saturated rings. The predicted octanol–water partition coefficient (Wildman–Crippen LogP) is 4.76. The second-order valence-electron chi connectivity index (χ2n) is 5.18. The highest BCUT2D eigenvalue weighted by molar-refractivity contribution is 4.74. The maximum atomic E-state index is 5.36. The van der Waals surface area contributed by atoms with Gasteiger partial charge >= 0.3 is 0 Å². The van der Waals surface area contributed by atoms with E-state index < -0.39 is 0 Å². The van der Waals surface area contributed by atoms with Gasteiger partial charge in [-0.3, -0.25) is 0 Å². The Hall–Kier alpha value is -0.0400. The average Bonchev–Trinajstić information content (AvgIpc) is 3.09. The van der Waals surface area contributed by atoms with Gasteiger partial charge in [-0.1, -0.05) is 65.2 Å². The van der Waals surface area contributed by atoms with Crippen LogP contribution in [0.1, 0.15) is 71.6 Å². The van der Waals surface area contributed by atoms with Crippen LogP contribution in [0.5, 0.6) is 0 Å². The van der Waals surface area contributed by atoms with Crippen LogP contribution in [-0.2, 0) is 4.74 Å². The Morgan fingerprint density at radius 2 is 1.94 bits per heavy atom. The molecule has 0 bridgehead atoms. The van der Waals surface area contributed by atoms with Gasteiger partial charge in [0.1, 0.15) is 0 Å². The molecule has 1 nitrogen and oxygen atoms in total. The van der Waals surface area contributed by atoms with Crippen molar-refractivity contribution in [3.05, 3.63) is 6.42 Å². The second kappa shape index (κ2) is 9.04. The summed E-state index contributed by atoms with van der Waals surface area (Å²) in [5.74, 6) is 0.939. The van der Waals surface area contributed by atoms with Crippen LogP contribution in [0.2, 0.25) is 0 Å². The first-order valence-corrected chi connectivity index (χ1v) is 7.30. The van der Waals surface area contributed by atoms with Gasteiger partial charge in [-0.15, -0.1) is 0 Å². The van der Waals surface area contributed by atoms with Crippen molar-refractivity contribution in [3.63, 3.8) is 0 Å². The molecule has 0 aromatic rings. The lowest BCUT2D eigenvalue weighted by atomic mass is 9.91. The van der Waals surface area contributed by atoms with Crippen LogP contribution in [-0.4, -0.2) is 12.7 Å². The number of unbranched alkanes of at least 4 members (excludes halogenated alkanes) is 5. The smallest absolute Gasteiger partial charge is 0.0812 e. The van der Waals surface area contributed by atoms with E-state index in [1.54, 1.807) is 0 Å². The minimum atomic E-state index is 0.629. The molecule has 2 atom stereocenters. The highest BCUT2D eigenvalue weighted by Crippen LogP contribution is 2.27. The summed E-state index contributed by atoms with van der Waals surface area (Å²) in [5.41, 5.74) is 0. The van der Waals surface area contributed by atoms with E-state index in [2.05, 4.69) is 20.3 Å². The van der Waals surface area contributed by atoms with Crippen molar-refractivity contribution in [2.75, 3.05) is 6.61 Å². The zero-order valence-corrected chi connectivity index (χ0v) is 11.2. The minimum absolute atomic E-state index is 0.629. The van der Waals surface area contributed by atoms with Gasteiger partial charge in [0.2, 0.25) is 0 Å². The highest BCUT2D eigenvalue weighted by Gasteiger charge is 2.25. The second-order valence-corrected chi connectivity index (χ2v) is 5.18. The molecule has 1 saturated heterocycles. The molecule has 1 radical (unpaired) electrons. The van der Waals surface area contributed by atoms with Crippen LogP contribution < -0.4 is 0 Å². The van der Waals surface area contributed by atoms with Crippen LogP contribution >= 0.6 is 0 Å². The van der Waals surface area contributed by atoms with Crippen molar-refractivity contribution in [1.29, 1.82) is 0 Å². The molecule has 0 aliphatic carbocycles. The quantitative estimate of drug-likeness (QED) is 0.365. The van der Waals surface area contributed by atoms with Crippen molar-refractivity contribution < 1.29 is 4.74 Å². The predicted molar refractivity (Wildman–Crippen MR) is 70.4 cm³/mol. The third kappa shape index (κ3) is 7.27. The van der Waals surface area contributed by atoms with Crippen LogP contribution in [0, 0.1) is 12.3 Å². The van der Waals surface area contributed by atoms with E-state index >= 15 is 0 Å². The third-order valence-corrected chi connectivity index (χ3v) is 3.52. The molecule has 0 aromatic heterocycles. The summed E-state index contributed by atoms with van der Waals surface area (Å²) in [5, 5.41) is 0. The van der Waals surface area contributed by atoms with Gasteiger partial charge in [0.05, 0.1) is 12.7 Å². The van der Waals surface area contributed by atoms with E-state index in [1.165, 1.54) is 57.8 Å². The largest absolute Gasteiger partial charge is 0.373 e. The van der Waals surface area contributed by atoms with E-state index in [0.717, 1.165) is 12.5 Å². The lowest BCUT2D eigenvalue weighted by Gasteiger charge is -2.15. The number of hydrogen-bond acceptors (Lipinski definition) is 1. The van der Waals surface area contributed by atoms with Gasteiger partial charge in [0.15, 0.2) is 0 Å². The third-order valence-electron chi connectivity index (χ3n) is 3.52. The zero-order chi connectivity index (χ0) is 11.6. The first-order chi connectivity index (χ1) is 7.86. The summed E-state index contributed by atoms with van der Waals surface area (Å²) < 4.78 is 5.36. The molecule has 0 amide bonds. The first-order valence-electron chi connectivity index (χ1n) is 7.30. The Morgan fingerprint density at radius 1 is 1.19 bits per heavy atom. The summed E-state index contributed by atoms with van der Waals surface area (Å²) in [4.78, 5) is 0. The Bertz CT molecular complexity index is 152. The molecule has 1 heterocycles. The SMILES string of the molecule is CC[CH]CCCCC(CCCC)CC1CO1. The number of rotatable bonds is 11. The molecule has 1 rings (SSSR count). The van der Waals surface area contributed by atoms with Crippen molar-refractivity contribution in [1.82, 2.24) is 0 Å². The fourth-order valence-electron chi connectivity index (χ4n) is 2.37. The molecule has 1 heteroatoms. The van der Waals surface area contributed by atoms with E-state index in [1.807, 2.05) is 0 Å². The molecule has 0 aromatic carbocycles. The normalized spacial score (nSPS) is 21.0.